The third-order valence-corrected chi connectivity index (χ3v) is 3.56. The van der Waals surface area contributed by atoms with E-state index in [9.17, 15) is 4.79 Å². The normalized spacial score (nSPS) is 19.3. The highest BCUT2D eigenvalue weighted by Crippen LogP contribution is 2.25. The highest BCUT2D eigenvalue weighted by molar-refractivity contribution is 5.92. The zero-order valence-electron chi connectivity index (χ0n) is 11.6. The predicted octanol–water partition coefficient (Wildman–Crippen LogP) is 1.54. The molecule has 6 nitrogen and oxygen atoms in total. The summed E-state index contributed by atoms with van der Waals surface area (Å²) >= 11 is 0. The van der Waals surface area contributed by atoms with E-state index in [-0.39, 0.29) is 11.9 Å². The lowest BCUT2D eigenvalue weighted by Gasteiger charge is -2.35. The van der Waals surface area contributed by atoms with E-state index in [4.69, 9.17) is 9.26 Å². The monoisotopic (exact) mass is 275 g/mol. The van der Waals surface area contributed by atoms with Crippen molar-refractivity contribution >= 4 is 5.91 Å². The van der Waals surface area contributed by atoms with Crippen molar-refractivity contribution < 1.29 is 14.1 Å². The van der Waals surface area contributed by atoms with Crippen molar-refractivity contribution in [1.82, 2.24) is 14.6 Å². The second kappa shape index (κ2) is 5.13. The summed E-state index contributed by atoms with van der Waals surface area (Å²) in [7, 11) is 1.97. The smallest absolute Gasteiger partial charge is 0.276 e. The van der Waals surface area contributed by atoms with Gasteiger partial charge in [0.15, 0.2) is 5.69 Å². The first-order valence-electron chi connectivity index (χ1n) is 6.60. The van der Waals surface area contributed by atoms with Crippen LogP contribution in [0.5, 0.6) is 0 Å². The van der Waals surface area contributed by atoms with E-state index in [2.05, 4.69) is 5.16 Å². The highest BCUT2D eigenvalue weighted by atomic mass is 16.5. The maximum atomic E-state index is 12.6. The first-order valence-corrected chi connectivity index (χ1v) is 6.60. The second-order valence-electron chi connectivity index (χ2n) is 4.96. The molecule has 0 radical (unpaired) electrons. The minimum Gasteiger partial charge on any atom is -0.377 e. The molecule has 6 heteroatoms. The summed E-state index contributed by atoms with van der Waals surface area (Å²) in [5.74, 6) is 0.522. The molecule has 0 aromatic carbocycles. The Labute approximate surface area is 116 Å². The topological polar surface area (TPSA) is 60.5 Å². The molecule has 1 saturated heterocycles. The van der Waals surface area contributed by atoms with E-state index < -0.39 is 0 Å². The molecule has 20 heavy (non-hydrogen) atoms. The lowest BCUT2D eigenvalue weighted by Crippen LogP contribution is -2.44. The van der Waals surface area contributed by atoms with Crippen molar-refractivity contribution in [3.63, 3.8) is 0 Å². The van der Waals surface area contributed by atoms with Crippen molar-refractivity contribution in [1.29, 1.82) is 0 Å². The van der Waals surface area contributed by atoms with Crippen molar-refractivity contribution in [2.75, 3.05) is 19.8 Å². The third-order valence-electron chi connectivity index (χ3n) is 3.56. The molecular weight excluding hydrogens is 258 g/mol. The summed E-state index contributed by atoms with van der Waals surface area (Å²) in [6.07, 6.45) is 1.97. The van der Waals surface area contributed by atoms with Crippen molar-refractivity contribution in [3.05, 3.63) is 41.5 Å². The molecule has 3 rings (SSSR count). The lowest BCUT2D eigenvalue weighted by molar-refractivity contribution is -0.00513. The molecular formula is C14H17N3O3. The molecule has 1 aliphatic heterocycles. The van der Waals surface area contributed by atoms with Crippen LogP contribution in [-0.4, -0.2) is 40.3 Å². The van der Waals surface area contributed by atoms with Crippen LogP contribution in [0.25, 0.3) is 0 Å². The molecule has 2 aromatic heterocycles. The summed E-state index contributed by atoms with van der Waals surface area (Å²) in [6, 6.07) is 5.55. The lowest BCUT2D eigenvalue weighted by atomic mass is 10.1. The van der Waals surface area contributed by atoms with Crippen LogP contribution in [0.4, 0.5) is 0 Å². The van der Waals surface area contributed by atoms with Crippen molar-refractivity contribution in [2.45, 2.75) is 13.0 Å². The zero-order valence-corrected chi connectivity index (χ0v) is 11.6. The number of aromatic nitrogens is 2. The summed E-state index contributed by atoms with van der Waals surface area (Å²) in [4.78, 5) is 14.4. The summed E-state index contributed by atoms with van der Waals surface area (Å²) in [6.45, 7) is 3.38. The Hall–Kier alpha value is -2.08. The summed E-state index contributed by atoms with van der Waals surface area (Å²) in [5, 5.41) is 3.82. The third kappa shape index (κ3) is 2.22. The van der Waals surface area contributed by atoms with E-state index in [1.807, 2.05) is 29.9 Å². The van der Waals surface area contributed by atoms with Crippen molar-refractivity contribution in [3.8, 4) is 0 Å². The van der Waals surface area contributed by atoms with Gasteiger partial charge in [-0.25, -0.2) is 0 Å². The number of carbonyl (C=O) groups excluding carboxylic acids is 1. The average molecular weight is 275 g/mol. The average Bonchev–Trinajstić information content (AvgIpc) is 3.07. The van der Waals surface area contributed by atoms with Crippen LogP contribution in [0.1, 0.15) is 28.0 Å². The molecule has 1 atom stereocenters. The number of ether oxygens (including phenoxy) is 1. The van der Waals surface area contributed by atoms with Crippen molar-refractivity contribution in [2.24, 2.45) is 7.05 Å². The first kappa shape index (κ1) is 12.9. The molecule has 106 valence electrons. The van der Waals surface area contributed by atoms with Gasteiger partial charge in [-0.1, -0.05) is 5.16 Å². The maximum Gasteiger partial charge on any atom is 0.276 e. The Kier molecular flexibility index (Phi) is 3.31. The van der Waals surface area contributed by atoms with Gasteiger partial charge in [-0.15, -0.1) is 0 Å². The van der Waals surface area contributed by atoms with Crippen LogP contribution in [0.3, 0.4) is 0 Å². The van der Waals surface area contributed by atoms with Gasteiger partial charge in [0.2, 0.25) is 0 Å². The molecule has 2 aromatic rings. The van der Waals surface area contributed by atoms with Gasteiger partial charge in [0.1, 0.15) is 5.76 Å². The number of hydrogen-bond acceptors (Lipinski definition) is 4. The zero-order chi connectivity index (χ0) is 14.1. The Bertz CT molecular complexity index is 617. The van der Waals surface area contributed by atoms with Crippen LogP contribution < -0.4 is 0 Å². The Morgan fingerprint density at radius 1 is 1.50 bits per heavy atom. The first-order chi connectivity index (χ1) is 9.66. The van der Waals surface area contributed by atoms with Gasteiger partial charge in [0.05, 0.1) is 19.3 Å². The fourth-order valence-corrected chi connectivity index (χ4v) is 2.53. The van der Waals surface area contributed by atoms with Crippen LogP contribution in [0.2, 0.25) is 0 Å². The Balaban J connectivity index is 1.89. The minimum absolute atomic E-state index is 0.0896. The van der Waals surface area contributed by atoms with Crippen LogP contribution >= 0.6 is 0 Å². The molecule has 1 amide bonds. The van der Waals surface area contributed by atoms with Crippen LogP contribution in [0.15, 0.2) is 28.9 Å². The van der Waals surface area contributed by atoms with Gasteiger partial charge in [0.25, 0.3) is 5.91 Å². The number of morpholine rings is 1. The van der Waals surface area contributed by atoms with Gasteiger partial charge in [-0.3, -0.25) is 4.79 Å². The Morgan fingerprint density at radius 2 is 2.35 bits per heavy atom. The van der Waals surface area contributed by atoms with E-state index in [0.717, 1.165) is 5.69 Å². The van der Waals surface area contributed by atoms with E-state index in [1.54, 1.807) is 17.9 Å². The number of amides is 1. The second-order valence-corrected chi connectivity index (χ2v) is 4.96. The van der Waals surface area contributed by atoms with Gasteiger partial charge in [-0.2, -0.15) is 0 Å². The molecule has 0 spiro atoms. The Morgan fingerprint density at radius 3 is 3.00 bits per heavy atom. The molecule has 0 bridgehead atoms. The SMILES string of the molecule is Cc1cc(C(=O)N2CCOCC2c2cccn2C)no1. The van der Waals surface area contributed by atoms with E-state index in [1.165, 1.54) is 0 Å². The number of hydrogen-bond donors (Lipinski definition) is 0. The summed E-state index contributed by atoms with van der Waals surface area (Å²) < 4.78 is 12.5. The molecule has 0 N–H and O–H groups in total. The van der Waals surface area contributed by atoms with E-state index >= 15 is 0 Å². The molecule has 3 heterocycles. The van der Waals surface area contributed by atoms with Crippen LogP contribution in [0, 0.1) is 6.92 Å². The fraction of sp³-hybridized carbons (Fsp3) is 0.429. The number of rotatable bonds is 2. The highest BCUT2D eigenvalue weighted by Gasteiger charge is 2.31. The van der Waals surface area contributed by atoms with E-state index in [0.29, 0.717) is 31.2 Å². The standard InChI is InChI=1S/C14H17N3O3/c1-10-8-11(15-20-10)14(18)17-6-7-19-9-13(17)12-4-3-5-16(12)2/h3-5,8,13H,6-7,9H2,1-2H3. The number of nitrogens with zero attached hydrogens (tertiary/aromatic N) is 3. The molecule has 0 saturated carbocycles. The van der Waals surface area contributed by atoms with Gasteiger partial charge < -0.3 is 18.7 Å². The molecule has 1 aliphatic rings. The van der Waals surface area contributed by atoms with Gasteiger partial charge >= 0.3 is 0 Å². The quantitative estimate of drug-likeness (QED) is 0.834. The maximum absolute atomic E-state index is 12.6. The number of aryl methyl sites for hydroxylation is 2. The summed E-state index contributed by atoms with van der Waals surface area (Å²) in [5.41, 5.74) is 1.40. The minimum atomic E-state index is -0.114. The largest absolute Gasteiger partial charge is 0.377 e. The number of carbonyl (C=O) groups is 1. The van der Waals surface area contributed by atoms with Gasteiger partial charge in [0, 0.05) is 31.5 Å². The molecule has 0 aliphatic carbocycles. The van der Waals surface area contributed by atoms with Crippen LogP contribution in [-0.2, 0) is 11.8 Å². The fourth-order valence-electron chi connectivity index (χ4n) is 2.53. The molecule has 1 fully saturated rings. The van der Waals surface area contributed by atoms with Gasteiger partial charge in [-0.05, 0) is 19.1 Å². The molecule has 1 unspecified atom stereocenters. The predicted molar refractivity (Wildman–Crippen MR) is 71.2 cm³/mol.